The molecule has 8 heteroatoms. The Kier molecular flexibility index (Phi) is 7.83. The second kappa shape index (κ2) is 10.6. The van der Waals surface area contributed by atoms with Crippen LogP contribution in [0.25, 0.3) is 0 Å². The van der Waals surface area contributed by atoms with Crippen LogP contribution in [0.3, 0.4) is 0 Å². The minimum atomic E-state index is -0.394. The molecule has 0 aliphatic heterocycles. The van der Waals surface area contributed by atoms with Crippen LogP contribution < -0.4 is 26.0 Å². The van der Waals surface area contributed by atoms with Gasteiger partial charge in [-0.15, -0.1) is 0 Å². The van der Waals surface area contributed by atoms with E-state index in [1.807, 2.05) is 0 Å². The van der Waals surface area contributed by atoms with Gasteiger partial charge in [-0.2, -0.15) is 0 Å². The molecule has 0 bridgehead atoms. The Hall–Kier alpha value is -3.55. The van der Waals surface area contributed by atoms with Crippen molar-refractivity contribution in [2.45, 2.75) is 13.3 Å². The van der Waals surface area contributed by atoms with Crippen molar-refractivity contribution in [3.8, 4) is 5.75 Å². The predicted octanol–water partition coefficient (Wildman–Crippen LogP) is 2.60. The van der Waals surface area contributed by atoms with E-state index < -0.39 is 6.03 Å². The molecular formula is C20H24N4O4. The molecule has 0 heterocycles. The van der Waals surface area contributed by atoms with Gasteiger partial charge in [0.25, 0.3) is 5.91 Å². The van der Waals surface area contributed by atoms with E-state index in [9.17, 15) is 14.4 Å². The topological polar surface area (TPSA) is 109 Å². The number of ether oxygens (including phenoxy) is 1. The molecule has 0 atom stereocenters. The summed E-state index contributed by atoms with van der Waals surface area (Å²) in [7, 11) is 1.57. The normalized spacial score (nSPS) is 9.93. The number of hydrogen-bond donors (Lipinski definition) is 4. The number of carbonyl (C=O) groups excluding carboxylic acids is 3. The average Bonchev–Trinajstić information content (AvgIpc) is 2.71. The summed E-state index contributed by atoms with van der Waals surface area (Å²) >= 11 is 0. The molecule has 0 fully saturated rings. The largest absolute Gasteiger partial charge is 0.497 e. The summed E-state index contributed by atoms with van der Waals surface area (Å²) in [5.74, 6) is 0.394. The van der Waals surface area contributed by atoms with Crippen LogP contribution in [0.2, 0.25) is 0 Å². The molecular weight excluding hydrogens is 360 g/mol. The minimum absolute atomic E-state index is 0.0578. The molecule has 0 aliphatic rings. The Balaban J connectivity index is 1.80. The van der Waals surface area contributed by atoms with Crippen LogP contribution in [0.15, 0.2) is 48.5 Å². The monoisotopic (exact) mass is 384 g/mol. The molecule has 148 valence electrons. The number of carbonyl (C=O) groups is 3. The van der Waals surface area contributed by atoms with E-state index in [-0.39, 0.29) is 11.8 Å². The van der Waals surface area contributed by atoms with E-state index >= 15 is 0 Å². The number of methoxy groups -OCH3 is 1. The lowest BCUT2D eigenvalue weighted by molar-refractivity contribution is -0.120. The zero-order valence-corrected chi connectivity index (χ0v) is 15.9. The number of nitrogens with one attached hydrogen (secondary N) is 4. The van der Waals surface area contributed by atoms with Gasteiger partial charge < -0.3 is 26.0 Å². The van der Waals surface area contributed by atoms with Crippen molar-refractivity contribution in [1.82, 2.24) is 10.6 Å². The van der Waals surface area contributed by atoms with Crippen molar-refractivity contribution in [2.24, 2.45) is 0 Å². The molecule has 4 amide bonds. The Morgan fingerprint density at radius 1 is 0.821 bits per heavy atom. The van der Waals surface area contributed by atoms with E-state index in [0.29, 0.717) is 42.2 Å². The maximum atomic E-state index is 12.1. The van der Waals surface area contributed by atoms with E-state index in [4.69, 9.17) is 4.74 Å². The van der Waals surface area contributed by atoms with Crippen molar-refractivity contribution in [3.05, 3.63) is 54.1 Å². The second-order valence-electron chi connectivity index (χ2n) is 5.84. The number of amides is 4. The van der Waals surface area contributed by atoms with Crippen LogP contribution in [0, 0.1) is 0 Å². The lowest BCUT2D eigenvalue weighted by atomic mass is 10.2. The fourth-order valence-corrected chi connectivity index (χ4v) is 2.28. The molecule has 0 saturated heterocycles. The van der Waals surface area contributed by atoms with Gasteiger partial charge in [-0.25, -0.2) is 4.79 Å². The smallest absolute Gasteiger partial charge is 0.323 e. The molecule has 2 aromatic rings. The molecule has 0 aromatic heterocycles. The molecule has 0 unspecified atom stereocenters. The molecule has 28 heavy (non-hydrogen) atoms. The molecule has 0 saturated carbocycles. The summed E-state index contributed by atoms with van der Waals surface area (Å²) in [5, 5.41) is 10.8. The standard InChI is InChI=1S/C20H24N4O4/c1-3-18(25)21-12-13-22-19(26)14-4-6-15(7-5-14)23-20(27)24-16-8-10-17(28-2)11-9-16/h4-11H,3,12-13H2,1-2H3,(H,21,25)(H,22,26)(H2,23,24,27). The van der Waals surface area contributed by atoms with Gasteiger partial charge in [0.15, 0.2) is 0 Å². The van der Waals surface area contributed by atoms with E-state index in [1.54, 1.807) is 62.6 Å². The van der Waals surface area contributed by atoms with Gasteiger partial charge in [0.1, 0.15) is 5.75 Å². The first-order valence-corrected chi connectivity index (χ1v) is 8.89. The number of anilines is 2. The highest BCUT2D eigenvalue weighted by Crippen LogP contribution is 2.16. The predicted molar refractivity (Wildman–Crippen MR) is 108 cm³/mol. The minimum Gasteiger partial charge on any atom is -0.497 e. The Labute approximate surface area is 163 Å². The van der Waals surface area contributed by atoms with Gasteiger partial charge in [-0.3, -0.25) is 9.59 Å². The van der Waals surface area contributed by atoms with Crippen molar-refractivity contribution in [3.63, 3.8) is 0 Å². The van der Waals surface area contributed by atoms with E-state index in [0.717, 1.165) is 0 Å². The third-order valence-corrected chi connectivity index (χ3v) is 3.81. The van der Waals surface area contributed by atoms with Gasteiger partial charge in [0, 0.05) is 36.4 Å². The van der Waals surface area contributed by atoms with Gasteiger partial charge >= 0.3 is 6.03 Å². The lowest BCUT2D eigenvalue weighted by Crippen LogP contribution is -2.34. The molecule has 2 aromatic carbocycles. The Bertz CT molecular complexity index is 804. The van der Waals surface area contributed by atoms with E-state index in [1.165, 1.54) is 0 Å². The van der Waals surface area contributed by atoms with Crippen molar-refractivity contribution >= 4 is 29.2 Å². The van der Waals surface area contributed by atoms with Crippen LogP contribution in [0.4, 0.5) is 16.2 Å². The van der Waals surface area contributed by atoms with Crippen molar-refractivity contribution in [1.29, 1.82) is 0 Å². The lowest BCUT2D eigenvalue weighted by Gasteiger charge is -2.09. The first kappa shape index (κ1) is 20.8. The van der Waals surface area contributed by atoms with Crippen molar-refractivity contribution in [2.75, 3.05) is 30.8 Å². The molecule has 2 rings (SSSR count). The summed E-state index contributed by atoms with van der Waals surface area (Å²) in [4.78, 5) is 35.2. The number of hydrogen-bond acceptors (Lipinski definition) is 4. The zero-order chi connectivity index (χ0) is 20.4. The van der Waals surface area contributed by atoms with Gasteiger partial charge in [0.2, 0.25) is 5.91 Å². The van der Waals surface area contributed by atoms with Gasteiger partial charge in [0.05, 0.1) is 7.11 Å². The first-order valence-electron chi connectivity index (χ1n) is 8.89. The third kappa shape index (κ3) is 6.64. The van der Waals surface area contributed by atoms with Crippen LogP contribution in [-0.4, -0.2) is 38.0 Å². The van der Waals surface area contributed by atoms with E-state index in [2.05, 4.69) is 21.3 Å². The quantitative estimate of drug-likeness (QED) is 0.525. The fourth-order valence-electron chi connectivity index (χ4n) is 2.28. The highest BCUT2D eigenvalue weighted by molar-refractivity contribution is 6.00. The Morgan fingerprint density at radius 3 is 1.89 bits per heavy atom. The van der Waals surface area contributed by atoms with Gasteiger partial charge in [-0.1, -0.05) is 6.92 Å². The molecule has 8 nitrogen and oxygen atoms in total. The van der Waals surface area contributed by atoms with Crippen molar-refractivity contribution < 1.29 is 19.1 Å². The van der Waals surface area contributed by atoms with Crippen LogP contribution in [-0.2, 0) is 4.79 Å². The SMILES string of the molecule is CCC(=O)NCCNC(=O)c1ccc(NC(=O)Nc2ccc(OC)cc2)cc1. The third-order valence-electron chi connectivity index (χ3n) is 3.81. The highest BCUT2D eigenvalue weighted by Gasteiger charge is 2.07. The summed E-state index contributed by atoms with van der Waals surface area (Å²) < 4.78 is 5.07. The van der Waals surface area contributed by atoms with Crippen LogP contribution in [0.1, 0.15) is 23.7 Å². The Morgan fingerprint density at radius 2 is 1.36 bits per heavy atom. The average molecular weight is 384 g/mol. The first-order chi connectivity index (χ1) is 13.5. The maximum Gasteiger partial charge on any atom is 0.323 e. The number of urea groups is 1. The summed E-state index contributed by atoms with van der Waals surface area (Å²) in [6.07, 6.45) is 0.411. The maximum absolute atomic E-state index is 12.1. The van der Waals surface area contributed by atoms with Crippen LogP contribution >= 0.6 is 0 Å². The highest BCUT2D eigenvalue weighted by atomic mass is 16.5. The van der Waals surface area contributed by atoms with Crippen LogP contribution in [0.5, 0.6) is 5.75 Å². The summed E-state index contributed by atoms with van der Waals surface area (Å²) in [6, 6.07) is 13.1. The molecule has 0 spiro atoms. The zero-order valence-electron chi connectivity index (χ0n) is 15.9. The fraction of sp³-hybridized carbons (Fsp3) is 0.250. The van der Waals surface area contributed by atoms with Gasteiger partial charge in [-0.05, 0) is 48.5 Å². The summed E-state index contributed by atoms with van der Waals surface area (Å²) in [6.45, 7) is 2.49. The molecule has 0 radical (unpaired) electrons. The number of benzene rings is 2. The second-order valence-corrected chi connectivity index (χ2v) is 5.84. The molecule has 0 aliphatic carbocycles. The number of rotatable bonds is 8. The molecule has 4 N–H and O–H groups in total. The summed E-state index contributed by atoms with van der Waals surface area (Å²) in [5.41, 5.74) is 1.64.